The van der Waals surface area contributed by atoms with Crippen LogP contribution in [0.1, 0.15) is 71.6 Å². The van der Waals surface area contributed by atoms with E-state index in [1.807, 2.05) is 31.2 Å². The van der Waals surface area contributed by atoms with E-state index in [1.54, 1.807) is 0 Å². The number of ether oxygens (including phenoxy) is 3. The number of halogens is 3. The summed E-state index contributed by atoms with van der Waals surface area (Å²) in [7, 11) is 0. The summed E-state index contributed by atoms with van der Waals surface area (Å²) in [5.41, 5.74) is 0.783. The Balaban J connectivity index is 1.79. The molecule has 1 unspecified atom stereocenters. The molecule has 1 aromatic carbocycles. The van der Waals surface area contributed by atoms with Crippen molar-refractivity contribution in [3.8, 4) is 22.9 Å². The van der Waals surface area contributed by atoms with Crippen LogP contribution in [0.5, 0.6) is 11.5 Å². The van der Waals surface area contributed by atoms with Crippen LogP contribution in [0.15, 0.2) is 36.7 Å². The summed E-state index contributed by atoms with van der Waals surface area (Å²) < 4.78 is 55.5. The summed E-state index contributed by atoms with van der Waals surface area (Å²) in [6.45, 7) is 4.29. The van der Waals surface area contributed by atoms with Gasteiger partial charge in [-0.05, 0) is 37.1 Å². The van der Waals surface area contributed by atoms with Crippen LogP contribution in [0, 0.1) is 0 Å². The molecule has 0 amide bonds. The van der Waals surface area contributed by atoms with Crippen LogP contribution in [0.2, 0.25) is 0 Å². The smallest absolute Gasteiger partial charge is 0.417 e. The second kappa shape index (κ2) is 15.5. The fourth-order valence-corrected chi connectivity index (χ4v) is 3.30. The van der Waals surface area contributed by atoms with Crippen molar-refractivity contribution in [2.75, 3.05) is 19.8 Å². The molecule has 0 fully saturated rings. The summed E-state index contributed by atoms with van der Waals surface area (Å²) >= 11 is 0. The van der Waals surface area contributed by atoms with Gasteiger partial charge in [0.05, 0.1) is 19.0 Å². The molecule has 8 heteroatoms. The summed E-state index contributed by atoms with van der Waals surface area (Å²) in [6.07, 6.45) is 5.87. The normalized spacial score (nSPS) is 12.5. The van der Waals surface area contributed by atoms with Crippen molar-refractivity contribution in [3.05, 3.63) is 36.7 Å². The average molecular weight is 483 g/mol. The molecule has 1 heterocycles. The van der Waals surface area contributed by atoms with Crippen molar-refractivity contribution >= 4 is 0 Å². The van der Waals surface area contributed by atoms with Gasteiger partial charge in [-0.1, -0.05) is 58.8 Å². The second-order valence-electron chi connectivity index (χ2n) is 8.30. The van der Waals surface area contributed by atoms with E-state index in [1.165, 1.54) is 44.5 Å². The van der Waals surface area contributed by atoms with E-state index in [-0.39, 0.29) is 12.4 Å². The third-order valence-electron chi connectivity index (χ3n) is 5.34. The molecule has 2 aromatic rings. The first-order valence-electron chi connectivity index (χ1n) is 12.3. The van der Waals surface area contributed by atoms with Crippen LogP contribution < -0.4 is 9.47 Å². The van der Waals surface area contributed by atoms with Gasteiger partial charge in [0.15, 0.2) is 17.7 Å². The van der Waals surface area contributed by atoms with E-state index in [2.05, 4.69) is 16.9 Å². The SMILES string of the molecule is CCCCCCCCOc1ccc(-c2ncc(OCC(OCCCCC)C(F)(F)F)cn2)cc1. The Morgan fingerprint density at radius 2 is 1.32 bits per heavy atom. The Labute approximate surface area is 201 Å². The van der Waals surface area contributed by atoms with Crippen LogP contribution in [0.25, 0.3) is 11.4 Å². The van der Waals surface area contributed by atoms with Crippen molar-refractivity contribution < 1.29 is 27.4 Å². The lowest BCUT2D eigenvalue weighted by Crippen LogP contribution is -2.37. The third-order valence-corrected chi connectivity index (χ3v) is 5.34. The maximum Gasteiger partial charge on any atom is 0.417 e. The van der Waals surface area contributed by atoms with Crippen molar-refractivity contribution in [1.82, 2.24) is 9.97 Å². The number of aromatic nitrogens is 2. The minimum atomic E-state index is -4.49. The number of unbranched alkanes of at least 4 members (excludes halogenated alkanes) is 7. The maximum absolute atomic E-state index is 13.2. The van der Waals surface area contributed by atoms with Gasteiger partial charge in [-0.2, -0.15) is 13.2 Å². The lowest BCUT2D eigenvalue weighted by atomic mass is 10.1. The zero-order valence-electron chi connectivity index (χ0n) is 20.3. The van der Waals surface area contributed by atoms with Gasteiger partial charge >= 0.3 is 6.18 Å². The van der Waals surface area contributed by atoms with E-state index in [0.29, 0.717) is 18.9 Å². The molecule has 0 bridgehead atoms. The fraction of sp³-hybridized carbons (Fsp3) is 0.615. The first-order chi connectivity index (χ1) is 16.4. The van der Waals surface area contributed by atoms with Gasteiger partial charge < -0.3 is 14.2 Å². The van der Waals surface area contributed by atoms with Crippen molar-refractivity contribution in [2.45, 2.75) is 83.9 Å². The Morgan fingerprint density at radius 3 is 1.97 bits per heavy atom. The highest BCUT2D eigenvalue weighted by Gasteiger charge is 2.41. The van der Waals surface area contributed by atoms with Gasteiger partial charge in [0.25, 0.3) is 0 Å². The molecule has 0 saturated carbocycles. The van der Waals surface area contributed by atoms with Crippen molar-refractivity contribution in [3.63, 3.8) is 0 Å². The molecule has 0 N–H and O–H groups in total. The molecule has 2 rings (SSSR count). The summed E-state index contributed by atoms with van der Waals surface area (Å²) in [4.78, 5) is 8.43. The topological polar surface area (TPSA) is 53.5 Å². The van der Waals surface area contributed by atoms with E-state index in [0.717, 1.165) is 30.6 Å². The lowest BCUT2D eigenvalue weighted by Gasteiger charge is -2.21. The van der Waals surface area contributed by atoms with Gasteiger partial charge in [-0.25, -0.2) is 9.97 Å². The molecule has 0 aliphatic rings. The Bertz CT molecular complexity index is 783. The molecule has 0 aliphatic heterocycles. The third kappa shape index (κ3) is 10.7. The van der Waals surface area contributed by atoms with Gasteiger partial charge in [-0.3, -0.25) is 0 Å². The number of rotatable bonds is 17. The van der Waals surface area contributed by atoms with Crippen LogP contribution in [0.4, 0.5) is 13.2 Å². The number of alkyl halides is 3. The second-order valence-corrected chi connectivity index (χ2v) is 8.30. The van der Waals surface area contributed by atoms with Gasteiger partial charge in [0, 0.05) is 12.2 Å². The lowest BCUT2D eigenvalue weighted by molar-refractivity contribution is -0.227. The molecule has 1 atom stereocenters. The first-order valence-corrected chi connectivity index (χ1v) is 12.3. The largest absolute Gasteiger partial charge is 0.494 e. The molecular formula is C26H37F3N2O3. The summed E-state index contributed by atoms with van der Waals surface area (Å²) in [6, 6.07) is 7.44. The monoisotopic (exact) mass is 482 g/mol. The Hall–Kier alpha value is -2.35. The Kier molecular flexibility index (Phi) is 12.7. The predicted octanol–water partition coefficient (Wildman–Crippen LogP) is 7.40. The van der Waals surface area contributed by atoms with Crippen molar-refractivity contribution in [1.29, 1.82) is 0 Å². The average Bonchev–Trinajstić information content (AvgIpc) is 2.83. The van der Waals surface area contributed by atoms with E-state index in [4.69, 9.17) is 14.2 Å². The molecule has 0 saturated heterocycles. The fourth-order valence-electron chi connectivity index (χ4n) is 3.30. The molecule has 190 valence electrons. The number of hydrogen-bond acceptors (Lipinski definition) is 5. The van der Waals surface area contributed by atoms with Crippen LogP contribution >= 0.6 is 0 Å². The summed E-state index contributed by atoms with van der Waals surface area (Å²) in [5.74, 6) is 1.40. The van der Waals surface area contributed by atoms with E-state index < -0.39 is 18.9 Å². The number of hydrogen-bond donors (Lipinski definition) is 0. The van der Waals surface area contributed by atoms with Gasteiger partial charge in [-0.15, -0.1) is 0 Å². The Morgan fingerprint density at radius 1 is 0.735 bits per heavy atom. The highest BCUT2D eigenvalue weighted by atomic mass is 19.4. The van der Waals surface area contributed by atoms with Crippen LogP contribution in [-0.4, -0.2) is 42.1 Å². The van der Waals surface area contributed by atoms with Gasteiger partial charge in [0.2, 0.25) is 0 Å². The number of nitrogens with zero attached hydrogens (tertiary/aromatic N) is 2. The molecule has 0 radical (unpaired) electrons. The van der Waals surface area contributed by atoms with Gasteiger partial charge in [0.1, 0.15) is 12.4 Å². The van der Waals surface area contributed by atoms with Crippen LogP contribution in [-0.2, 0) is 4.74 Å². The van der Waals surface area contributed by atoms with Crippen LogP contribution in [0.3, 0.4) is 0 Å². The first kappa shape index (κ1) is 27.9. The van der Waals surface area contributed by atoms with Crippen molar-refractivity contribution in [2.24, 2.45) is 0 Å². The number of benzene rings is 1. The molecule has 0 spiro atoms. The molecule has 1 aromatic heterocycles. The highest BCUT2D eigenvalue weighted by molar-refractivity contribution is 5.56. The molecule has 34 heavy (non-hydrogen) atoms. The van der Waals surface area contributed by atoms with E-state index >= 15 is 0 Å². The minimum absolute atomic E-state index is 0.0511. The molecule has 0 aliphatic carbocycles. The highest BCUT2D eigenvalue weighted by Crippen LogP contribution is 2.25. The summed E-state index contributed by atoms with van der Waals surface area (Å²) in [5, 5.41) is 0. The maximum atomic E-state index is 13.2. The van der Waals surface area contributed by atoms with E-state index in [9.17, 15) is 13.2 Å². The minimum Gasteiger partial charge on any atom is -0.494 e. The zero-order valence-corrected chi connectivity index (χ0v) is 20.3. The quantitative estimate of drug-likeness (QED) is 0.220. The molecule has 5 nitrogen and oxygen atoms in total. The standard InChI is InChI=1S/C26H37F3N2O3/c1-3-5-7-8-9-11-16-32-22-14-12-21(13-15-22)25-30-18-23(19-31-25)34-20-24(26(27,28)29)33-17-10-6-4-2/h12-15,18-19,24H,3-11,16-17,20H2,1-2H3. The molecular weight excluding hydrogens is 445 g/mol. The predicted molar refractivity (Wildman–Crippen MR) is 127 cm³/mol. The zero-order chi connectivity index (χ0) is 24.7.